The predicted molar refractivity (Wildman–Crippen MR) is 52.1 cm³/mol. The van der Waals surface area contributed by atoms with Crippen LogP contribution in [0.4, 0.5) is 0 Å². The number of allylic oxidation sites excluding steroid dienone is 1. The maximum Gasteiger partial charge on any atom is 0.0491 e. The Balaban J connectivity index is 0. The molecule has 0 amide bonds. The molecule has 0 aromatic heterocycles. The molecule has 2 N–H and O–H groups in total. The Hall–Kier alpha value is -0.790. The third-order valence-corrected chi connectivity index (χ3v) is 0.819. The lowest BCUT2D eigenvalue weighted by Crippen LogP contribution is -2.07. The van der Waals surface area contributed by atoms with Gasteiger partial charge in [-0.1, -0.05) is 33.8 Å². The molecule has 0 radical (unpaired) electrons. The average molecular weight is 156 g/mol. The van der Waals surface area contributed by atoms with Crippen LogP contribution in [0, 0.1) is 11.3 Å². The molecule has 0 aliphatic heterocycles. The SMILES string of the molecule is CC.CC(C)/C=C\NCC=N. The predicted octanol–water partition coefficient (Wildman–Crippen LogP) is 2.42. The van der Waals surface area contributed by atoms with E-state index in [1.165, 1.54) is 6.21 Å². The van der Waals surface area contributed by atoms with Crippen LogP contribution in [0.2, 0.25) is 0 Å². The Kier molecular flexibility index (Phi) is 13.9. The van der Waals surface area contributed by atoms with Gasteiger partial charge in [0, 0.05) is 12.8 Å². The molecule has 0 fully saturated rings. The van der Waals surface area contributed by atoms with E-state index in [2.05, 4.69) is 25.2 Å². The van der Waals surface area contributed by atoms with E-state index in [-0.39, 0.29) is 0 Å². The highest BCUT2D eigenvalue weighted by Crippen LogP contribution is 1.90. The summed E-state index contributed by atoms with van der Waals surface area (Å²) in [7, 11) is 0. The molecule has 0 atom stereocenters. The molecule has 2 heteroatoms. The summed E-state index contributed by atoms with van der Waals surface area (Å²) in [6.45, 7) is 8.86. The van der Waals surface area contributed by atoms with E-state index in [1.807, 2.05) is 20.0 Å². The van der Waals surface area contributed by atoms with Crippen molar-refractivity contribution in [2.24, 2.45) is 5.92 Å². The van der Waals surface area contributed by atoms with Crippen LogP contribution in [0.15, 0.2) is 12.3 Å². The van der Waals surface area contributed by atoms with Gasteiger partial charge in [-0.3, -0.25) is 0 Å². The van der Waals surface area contributed by atoms with Crippen LogP contribution in [0.25, 0.3) is 0 Å². The molecule has 2 nitrogen and oxygen atoms in total. The zero-order chi connectivity index (χ0) is 9.11. The maximum atomic E-state index is 6.67. The van der Waals surface area contributed by atoms with E-state index in [9.17, 15) is 0 Å². The first-order valence-corrected chi connectivity index (χ1v) is 4.16. The number of nitrogens with one attached hydrogen (secondary N) is 2. The molecule has 0 bridgehead atoms. The Morgan fingerprint density at radius 2 is 1.91 bits per heavy atom. The molecule has 0 heterocycles. The fourth-order valence-electron chi connectivity index (χ4n) is 0.387. The molecule has 0 unspecified atom stereocenters. The van der Waals surface area contributed by atoms with Gasteiger partial charge in [0.05, 0.1) is 0 Å². The van der Waals surface area contributed by atoms with Crippen molar-refractivity contribution in [2.45, 2.75) is 27.7 Å². The van der Waals surface area contributed by atoms with E-state index in [0.717, 1.165) is 0 Å². The minimum absolute atomic E-state index is 0.586. The third kappa shape index (κ3) is 17.6. The van der Waals surface area contributed by atoms with Gasteiger partial charge in [-0.15, -0.1) is 0 Å². The van der Waals surface area contributed by atoms with Crippen molar-refractivity contribution in [2.75, 3.05) is 6.54 Å². The Morgan fingerprint density at radius 1 is 1.36 bits per heavy atom. The van der Waals surface area contributed by atoms with Crippen molar-refractivity contribution >= 4 is 6.21 Å². The van der Waals surface area contributed by atoms with Crippen LogP contribution in [0.5, 0.6) is 0 Å². The van der Waals surface area contributed by atoms with E-state index < -0.39 is 0 Å². The first-order chi connectivity index (χ1) is 5.27. The van der Waals surface area contributed by atoms with Crippen molar-refractivity contribution in [3.05, 3.63) is 12.3 Å². The van der Waals surface area contributed by atoms with Crippen molar-refractivity contribution in [3.8, 4) is 0 Å². The summed E-state index contributed by atoms with van der Waals surface area (Å²) in [6, 6.07) is 0. The van der Waals surface area contributed by atoms with Crippen LogP contribution in [0.1, 0.15) is 27.7 Å². The summed E-state index contributed by atoms with van der Waals surface area (Å²) < 4.78 is 0. The molecule has 0 saturated heterocycles. The van der Waals surface area contributed by atoms with Gasteiger partial charge in [0.2, 0.25) is 0 Å². The summed E-state index contributed by atoms with van der Waals surface area (Å²) in [6.07, 6.45) is 5.28. The molecule has 0 rings (SSSR count). The monoisotopic (exact) mass is 156 g/mol. The normalized spacial score (nSPS) is 9.18. The summed E-state index contributed by atoms with van der Waals surface area (Å²) >= 11 is 0. The van der Waals surface area contributed by atoms with Crippen molar-refractivity contribution in [1.29, 1.82) is 5.41 Å². The lowest BCUT2D eigenvalue weighted by Gasteiger charge is -1.94. The quantitative estimate of drug-likeness (QED) is 0.476. The molecule has 0 spiro atoms. The van der Waals surface area contributed by atoms with Crippen LogP contribution in [-0.4, -0.2) is 12.8 Å². The molecule has 0 aliphatic carbocycles. The molecule has 0 aromatic carbocycles. The highest BCUT2D eigenvalue weighted by Gasteiger charge is 1.79. The van der Waals surface area contributed by atoms with Gasteiger partial charge in [0.15, 0.2) is 0 Å². The second kappa shape index (κ2) is 11.9. The van der Waals surface area contributed by atoms with Gasteiger partial charge in [-0.25, -0.2) is 0 Å². The summed E-state index contributed by atoms with van der Waals surface area (Å²) in [5.74, 6) is 0.586. The Labute approximate surface area is 70.2 Å². The van der Waals surface area contributed by atoms with Crippen molar-refractivity contribution < 1.29 is 0 Å². The third-order valence-electron chi connectivity index (χ3n) is 0.819. The number of hydrogen-bond donors (Lipinski definition) is 2. The average Bonchev–Trinajstić information content (AvgIpc) is 2.02. The molecule has 11 heavy (non-hydrogen) atoms. The van der Waals surface area contributed by atoms with Gasteiger partial charge in [-0.05, 0) is 12.1 Å². The zero-order valence-electron chi connectivity index (χ0n) is 8.02. The molecule has 0 aromatic rings. The number of rotatable bonds is 4. The van der Waals surface area contributed by atoms with E-state index in [0.29, 0.717) is 12.5 Å². The fourth-order valence-corrected chi connectivity index (χ4v) is 0.387. The largest absolute Gasteiger partial charge is 0.386 e. The van der Waals surface area contributed by atoms with Gasteiger partial charge in [0.1, 0.15) is 0 Å². The highest BCUT2D eigenvalue weighted by molar-refractivity contribution is 5.55. The van der Waals surface area contributed by atoms with Crippen molar-refractivity contribution in [3.63, 3.8) is 0 Å². The fraction of sp³-hybridized carbons (Fsp3) is 0.667. The van der Waals surface area contributed by atoms with E-state index >= 15 is 0 Å². The lowest BCUT2D eigenvalue weighted by atomic mass is 10.2. The Morgan fingerprint density at radius 3 is 2.27 bits per heavy atom. The smallest absolute Gasteiger partial charge is 0.0491 e. The van der Waals surface area contributed by atoms with Crippen LogP contribution in [0.3, 0.4) is 0 Å². The lowest BCUT2D eigenvalue weighted by molar-refractivity contribution is 0.818. The molecular formula is C9H20N2. The minimum Gasteiger partial charge on any atom is -0.386 e. The molecular weight excluding hydrogens is 136 g/mol. The van der Waals surface area contributed by atoms with Gasteiger partial charge in [-0.2, -0.15) is 0 Å². The molecule has 0 saturated carbocycles. The Bertz CT molecular complexity index is 95.7. The zero-order valence-corrected chi connectivity index (χ0v) is 8.02. The summed E-state index contributed by atoms with van der Waals surface area (Å²) in [4.78, 5) is 0. The van der Waals surface area contributed by atoms with Crippen LogP contribution >= 0.6 is 0 Å². The molecule has 66 valence electrons. The molecule has 0 aliphatic rings. The van der Waals surface area contributed by atoms with Crippen LogP contribution < -0.4 is 5.32 Å². The number of hydrogen-bond acceptors (Lipinski definition) is 2. The van der Waals surface area contributed by atoms with E-state index in [1.54, 1.807) is 0 Å². The topological polar surface area (TPSA) is 35.9 Å². The van der Waals surface area contributed by atoms with E-state index in [4.69, 9.17) is 5.41 Å². The van der Waals surface area contributed by atoms with Crippen molar-refractivity contribution in [1.82, 2.24) is 5.32 Å². The van der Waals surface area contributed by atoms with Gasteiger partial charge < -0.3 is 10.7 Å². The standard InChI is InChI=1S/C7H14N2.C2H6/c1-7(2)3-5-9-6-4-8;1-2/h3-5,7-9H,6H2,1-2H3;1-2H3/b5-3-,8-4?;. The second-order valence-electron chi connectivity index (χ2n) is 2.22. The second-order valence-corrected chi connectivity index (χ2v) is 2.22. The van der Waals surface area contributed by atoms with Crippen LogP contribution in [-0.2, 0) is 0 Å². The highest BCUT2D eigenvalue weighted by atomic mass is 14.8. The van der Waals surface area contributed by atoms with Gasteiger partial charge >= 0.3 is 0 Å². The maximum absolute atomic E-state index is 6.67. The summed E-state index contributed by atoms with van der Waals surface area (Å²) in [5, 5.41) is 9.61. The first-order valence-electron chi connectivity index (χ1n) is 4.16. The van der Waals surface area contributed by atoms with Gasteiger partial charge in [0.25, 0.3) is 0 Å². The first kappa shape index (κ1) is 12.8. The minimum atomic E-state index is 0.586. The summed E-state index contributed by atoms with van der Waals surface area (Å²) in [5.41, 5.74) is 0.